The first kappa shape index (κ1) is 15.7. The van der Waals surface area contributed by atoms with Crippen molar-refractivity contribution in [3.05, 3.63) is 0 Å². The topological polar surface area (TPSA) is 68.1 Å². The molecule has 0 saturated carbocycles. The van der Waals surface area contributed by atoms with Gasteiger partial charge in [0.05, 0.1) is 19.3 Å². The highest BCUT2D eigenvalue weighted by Gasteiger charge is 2.20. The van der Waals surface area contributed by atoms with Gasteiger partial charge in [0.15, 0.2) is 0 Å². The number of nitrogens with one attached hydrogen (secondary N) is 1. The number of likely N-dealkylation sites (N-methyl/N-ethyl adjacent to an activating group) is 2. The molecule has 2 rings (SSSR count). The van der Waals surface area contributed by atoms with Crippen LogP contribution in [0.3, 0.4) is 0 Å². The Hall–Kier alpha value is -0.700. The molecule has 1 aromatic rings. The van der Waals surface area contributed by atoms with Gasteiger partial charge in [-0.3, -0.25) is 4.90 Å². The van der Waals surface area contributed by atoms with Gasteiger partial charge in [0.25, 0.3) is 0 Å². The average Bonchev–Trinajstić information content (AvgIpc) is 2.93. The normalized spacial score (nSPS) is 20.4. The van der Waals surface area contributed by atoms with Crippen molar-refractivity contribution >= 4 is 11.8 Å². The zero-order valence-corrected chi connectivity index (χ0v) is 13.1. The van der Waals surface area contributed by atoms with Crippen LogP contribution in [0.4, 0.5) is 0 Å². The van der Waals surface area contributed by atoms with Gasteiger partial charge in [-0.2, -0.15) is 0 Å². The van der Waals surface area contributed by atoms with E-state index >= 15 is 0 Å². The van der Waals surface area contributed by atoms with E-state index in [0.29, 0.717) is 0 Å². The standard InChI is InChI=1S/C12H24N6OS/c1-3-13-5-6-18-12(14-15-16-18)20-10-11-9-17(4-2)7-8-19-11/h11,13H,3-10H2,1-2H3. The van der Waals surface area contributed by atoms with Crippen LogP contribution in [-0.2, 0) is 11.3 Å². The maximum absolute atomic E-state index is 5.79. The summed E-state index contributed by atoms with van der Waals surface area (Å²) in [6.07, 6.45) is 0.271. The lowest BCUT2D eigenvalue weighted by Crippen LogP contribution is -2.43. The van der Waals surface area contributed by atoms with Gasteiger partial charge in [-0.1, -0.05) is 25.6 Å². The lowest BCUT2D eigenvalue weighted by molar-refractivity contribution is -0.0137. The molecule has 0 aromatic carbocycles. The molecule has 1 unspecified atom stereocenters. The lowest BCUT2D eigenvalue weighted by atomic mass is 10.3. The first-order valence-electron chi connectivity index (χ1n) is 7.27. The second-order valence-corrected chi connectivity index (χ2v) is 5.72. The fraction of sp³-hybridized carbons (Fsp3) is 0.917. The van der Waals surface area contributed by atoms with Gasteiger partial charge in [-0.05, 0) is 23.5 Å². The van der Waals surface area contributed by atoms with Crippen LogP contribution in [0, 0.1) is 0 Å². The SMILES string of the molecule is CCNCCn1nnnc1SCC1CN(CC)CCO1. The van der Waals surface area contributed by atoms with E-state index in [-0.39, 0.29) is 6.10 Å². The maximum Gasteiger partial charge on any atom is 0.209 e. The smallest absolute Gasteiger partial charge is 0.209 e. The predicted molar refractivity (Wildman–Crippen MR) is 78.9 cm³/mol. The van der Waals surface area contributed by atoms with Crippen molar-refractivity contribution in [2.24, 2.45) is 0 Å². The minimum atomic E-state index is 0.271. The molecule has 1 N–H and O–H groups in total. The van der Waals surface area contributed by atoms with Gasteiger partial charge in [0, 0.05) is 25.4 Å². The van der Waals surface area contributed by atoms with Crippen molar-refractivity contribution < 1.29 is 4.74 Å². The van der Waals surface area contributed by atoms with E-state index in [0.717, 1.165) is 56.8 Å². The van der Waals surface area contributed by atoms with E-state index in [4.69, 9.17) is 4.74 Å². The highest BCUT2D eigenvalue weighted by molar-refractivity contribution is 7.99. The number of ether oxygens (including phenoxy) is 1. The van der Waals surface area contributed by atoms with Crippen LogP contribution < -0.4 is 5.32 Å². The van der Waals surface area contributed by atoms with Crippen LogP contribution in [0.15, 0.2) is 5.16 Å². The Morgan fingerprint density at radius 1 is 1.45 bits per heavy atom. The molecule has 1 aliphatic rings. The second-order valence-electron chi connectivity index (χ2n) is 4.74. The van der Waals surface area contributed by atoms with Crippen molar-refractivity contribution in [3.8, 4) is 0 Å². The highest BCUT2D eigenvalue weighted by Crippen LogP contribution is 2.18. The molecule has 0 amide bonds. The summed E-state index contributed by atoms with van der Waals surface area (Å²) in [5.41, 5.74) is 0. The van der Waals surface area contributed by atoms with Gasteiger partial charge in [0.2, 0.25) is 5.16 Å². The van der Waals surface area contributed by atoms with Crippen molar-refractivity contribution in [3.63, 3.8) is 0 Å². The Bertz CT molecular complexity index is 388. The molecule has 8 heteroatoms. The van der Waals surface area contributed by atoms with Crippen molar-refractivity contribution in [1.29, 1.82) is 0 Å². The molecule has 1 atom stereocenters. The Kier molecular flexibility index (Phi) is 6.71. The summed E-state index contributed by atoms with van der Waals surface area (Å²) >= 11 is 1.68. The van der Waals surface area contributed by atoms with E-state index in [1.165, 1.54) is 0 Å². The third-order valence-corrected chi connectivity index (χ3v) is 4.41. The molecule has 7 nitrogen and oxygen atoms in total. The van der Waals surface area contributed by atoms with Crippen LogP contribution >= 0.6 is 11.8 Å². The van der Waals surface area contributed by atoms with Crippen LogP contribution in [0.25, 0.3) is 0 Å². The molecule has 1 fully saturated rings. The van der Waals surface area contributed by atoms with Crippen molar-refractivity contribution in [2.45, 2.75) is 31.7 Å². The summed E-state index contributed by atoms with van der Waals surface area (Å²) < 4.78 is 7.65. The summed E-state index contributed by atoms with van der Waals surface area (Å²) in [6, 6.07) is 0. The van der Waals surface area contributed by atoms with Crippen LogP contribution in [0.5, 0.6) is 0 Å². The van der Waals surface area contributed by atoms with Crippen molar-refractivity contribution in [1.82, 2.24) is 30.4 Å². The van der Waals surface area contributed by atoms with Crippen LogP contribution in [0.1, 0.15) is 13.8 Å². The molecule has 1 aliphatic heterocycles. The molecule has 1 saturated heterocycles. The van der Waals surface area contributed by atoms with E-state index in [2.05, 4.69) is 39.6 Å². The van der Waals surface area contributed by atoms with Gasteiger partial charge >= 0.3 is 0 Å². The number of rotatable bonds is 8. The summed E-state index contributed by atoms with van der Waals surface area (Å²) in [6.45, 7) is 10.9. The van der Waals surface area contributed by atoms with Crippen molar-refractivity contribution in [2.75, 3.05) is 45.1 Å². The number of tetrazole rings is 1. The zero-order valence-electron chi connectivity index (χ0n) is 12.3. The first-order valence-corrected chi connectivity index (χ1v) is 8.25. The fourth-order valence-corrected chi connectivity index (χ4v) is 3.05. The Morgan fingerprint density at radius 2 is 2.35 bits per heavy atom. The summed E-state index contributed by atoms with van der Waals surface area (Å²) in [5, 5.41) is 16.0. The van der Waals surface area contributed by atoms with Crippen LogP contribution in [-0.4, -0.2) is 76.3 Å². The molecule has 0 bridgehead atoms. The van der Waals surface area contributed by atoms with E-state index in [1.807, 2.05) is 4.68 Å². The molecule has 1 aromatic heterocycles. The Morgan fingerprint density at radius 3 is 3.15 bits per heavy atom. The molecule has 0 radical (unpaired) electrons. The van der Waals surface area contributed by atoms with Gasteiger partial charge in [-0.25, -0.2) is 4.68 Å². The van der Waals surface area contributed by atoms with E-state index in [9.17, 15) is 0 Å². The monoisotopic (exact) mass is 300 g/mol. The quantitative estimate of drug-likeness (QED) is 0.539. The minimum Gasteiger partial charge on any atom is -0.375 e. The van der Waals surface area contributed by atoms with Gasteiger partial charge in [0.1, 0.15) is 0 Å². The summed E-state index contributed by atoms with van der Waals surface area (Å²) in [7, 11) is 0. The zero-order chi connectivity index (χ0) is 14.2. The molecule has 0 spiro atoms. The molecule has 114 valence electrons. The Balaban J connectivity index is 1.77. The number of morpholine rings is 1. The summed E-state index contributed by atoms with van der Waals surface area (Å²) in [4.78, 5) is 2.42. The van der Waals surface area contributed by atoms with E-state index in [1.54, 1.807) is 11.8 Å². The van der Waals surface area contributed by atoms with Crippen LogP contribution in [0.2, 0.25) is 0 Å². The Labute approximate surface area is 124 Å². The third-order valence-electron chi connectivity index (χ3n) is 3.32. The summed E-state index contributed by atoms with van der Waals surface area (Å²) in [5.74, 6) is 0.901. The molecule has 20 heavy (non-hydrogen) atoms. The number of hydrogen-bond donors (Lipinski definition) is 1. The first-order chi connectivity index (χ1) is 9.83. The lowest BCUT2D eigenvalue weighted by Gasteiger charge is -2.31. The largest absolute Gasteiger partial charge is 0.375 e. The highest BCUT2D eigenvalue weighted by atomic mass is 32.2. The van der Waals surface area contributed by atoms with E-state index < -0.39 is 0 Å². The number of thioether (sulfide) groups is 1. The third kappa shape index (κ3) is 4.69. The number of hydrogen-bond acceptors (Lipinski definition) is 7. The number of nitrogens with zero attached hydrogens (tertiary/aromatic N) is 5. The molecular weight excluding hydrogens is 276 g/mol. The average molecular weight is 300 g/mol. The predicted octanol–water partition coefficient (Wildman–Crippen LogP) is 0.0954. The van der Waals surface area contributed by atoms with Gasteiger partial charge < -0.3 is 10.1 Å². The number of aromatic nitrogens is 4. The molecule has 2 heterocycles. The maximum atomic E-state index is 5.79. The minimum absolute atomic E-state index is 0.271. The molecule has 0 aliphatic carbocycles. The second kappa shape index (κ2) is 8.56. The molecular formula is C12H24N6OS. The fourth-order valence-electron chi connectivity index (χ4n) is 2.14. The van der Waals surface area contributed by atoms with Gasteiger partial charge in [-0.15, -0.1) is 5.10 Å².